The van der Waals surface area contributed by atoms with Crippen molar-refractivity contribution in [2.45, 2.75) is 6.18 Å². The van der Waals surface area contributed by atoms with Crippen LogP contribution in [-0.4, -0.2) is 23.2 Å². The van der Waals surface area contributed by atoms with Crippen molar-refractivity contribution in [3.63, 3.8) is 0 Å². The van der Waals surface area contributed by atoms with E-state index in [1.807, 2.05) is 0 Å². The second kappa shape index (κ2) is 5.43. The molecule has 110 valence electrons. The molecule has 21 heavy (non-hydrogen) atoms. The number of aromatic nitrogens is 1. The van der Waals surface area contributed by atoms with Crippen LogP contribution in [0.1, 0.15) is 16.1 Å². The Balaban J connectivity index is 2.65. The third-order valence-corrected chi connectivity index (χ3v) is 2.83. The van der Waals surface area contributed by atoms with E-state index in [0.717, 1.165) is 18.3 Å². The van der Waals surface area contributed by atoms with Crippen LogP contribution in [0.5, 0.6) is 5.75 Å². The summed E-state index contributed by atoms with van der Waals surface area (Å²) in [4.78, 5) is 14.5. The molecule has 0 saturated heterocycles. The number of methoxy groups -OCH3 is 1. The fraction of sp³-hybridized carbons (Fsp3) is 0.143. The molecule has 0 atom stereocenters. The first kappa shape index (κ1) is 14.8. The summed E-state index contributed by atoms with van der Waals surface area (Å²) in [5, 5.41) is 8.85. The minimum absolute atomic E-state index is 0.0131. The number of carboxylic acid groups (broad SMARTS) is 1. The van der Waals surface area contributed by atoms with Gasteiger partial charge in [-0.3, -0.25) is 0 Å². The molecule has 0 aliphatic heterocycles. The number of alkyl halides is 3. The number of aromatic carboxylic acids is 1. The lowest BCUT2D eigenvalue weighted by molar-refractivity contribution is -0.137. The molecule has 1 N–H and O–H groups in total. The molecule has 4 nitrogen and oxygen atoms in total. The molecule has 0 fully saturated rings. The van der Waals surface area contributed by atoms with Gasteiger partial charge < -0.3 is 9.84 Å². The van der Waals surface area contributed by atoms with E-state index in [0.29, 0.717) is 0 Å². The van der Waals surface area contributed by atoms with Gasteiger partial charge in [-0.25, -0.2) is 9.78 Å². The number of hydrogen-bond acceptors (Lipinski definition) is 3. The summed E-state index contributed by atoms with van der Waals surface area (Å²) in [7, 11) is 1.25. The minimum atomic E-state index is -4.53. The Kier molecular flexibility index (Phi) is 3.84. The van der Waals surface area contributed by atoms with Crippen molar-refractivity contribution in [2.24, 2.45) is 0 Å². The molecular formula is C14H10F3NO3. The maximum absolute atomic E-state index is 13.0. The Bertz CT molecular complexity index is 683. The molecule has 0 bridgehead atoms. The Morgan fingerprint density at radius 3 is 2.48 bits per heavy atom. The van der Waals surface area contributed by atoms with Crippen molar-refractivity contribution in [3.8, 4) is 16.9 Å². The average Bonchev–Trinajstić information content (AvgIpc) is 2.45. The summed E-state index contributed by atoms with van der Waals surface area (Å²) in [6.07, 6.45) is -3.47. The van der Waals surface area contributed by atoms with E-state index in [-0.39, 0.29) is 22.6 Å². The highest BCUT2D eigenvalue weighted by Gasteiger charge is 2.34. The minimum Gasteiger partial charge on any atom is -0.496 e. The fourth-order valence-corrected chi connectivity index (χ4v) is 1.89. The number of nitrogens with zero attached hydrogens (tertiary/aromatic N) is 1. The fourth-order valence-electron chi connectivity index (χ4n) is 1.89. The van der Waals surface area contributed by atoms with Crippen LogP contribution >= 0.6 is 0 Å². The zero-order valence-corrected chi connectivity index (χ0v) is 10.8. The van der Waals surface area contributed by atoms with Gasteiger partial charge in [0.05, 0.1) is 12.7 Å². The van der Waals surface area contributed by atoms with E-state index < -0.39 is 17.7 Å². The van der Waals surface area contributed by atoms with E-state index in [9.17, 15) is 18.0 Å². The lowest BCUT2D eigenvalue weighted by Gasteiger charge is -2.15. The zero-order chi connectivity index (χ0) is 15.6. The van der Waals surface area contributed by atoms with Gasteiger partial charge >= 0.3 is 12.1 Å². The molecule has 2 aromatic rings. The highest BCUT2D eigenvalue weighted by atomic mass is 19.4. The number of carbonyl (C=O) groups is 1. The molecule has 0 saturated carbocycles. The average molecular weight is 297 g/mol. The van der Waals surface area contributed by atoms with Crippen molar-refractivity contribution < 1.29 is 27.8 Å². The largest absolute Gasteiger partial charge is 0.496 e. The first-order chi connectivity index (χ1) is 9.84. The predicted octanol–water partition coefficient (Wildman–Crippen LogP) is 3.47. The van der Waals surface area contributed by atoms with Crippen molar-refractivity contribution in [1.29, 1.82) is 0 Å². The van der Waals surface area contributed by atoms with Gasteiger partial charge in [0.1, 0.15) is 5.75 Å². The Hall–Kier alpha value is -2.57. The van der Waals surface area contributed by atoms with Crippen molar-refractivity contribution in [2.75, 3.05) is 7.11 Å². The van der Waals surface area contributed by atoms with Gasteiger partial charge in [-0.05, 0) is 11.6 Å². The van der Waals surface area contributed by atoms with Gasteiger partial charge in [0.15, 0.2) is 5.69 Å². The Labute approximate surface area is 117 Å². The molecule has 1 aromatic carbocycles. The summed E-state index contributed by atoms with van der Waals surface area (Å²) >= 11 is 0. The third kappa shape index (κ3) is 2.96. The molecule has 0 radical (unpaired) electrons. The molecule has 7 heteroatoms. The number of rotatable bonds is 3. The van der Waals surface area contributed by atoms with Gasteiger partial charge in [-0.2, -0.15) is 13.2 Å². The first-order valence-corrected chi connectivity index (χ1v) is 5.78. The summed E-state index contributed by atoms with van der Waals surface area (Å²) in [6, 6.07) is 6.04. The van der Waals surface area contributed by atoms with Crippen LogP contribution in [0, 0.1) is 0 Å². The number of hydrogen-bond donors (Lipinski definition) is 1. The van der Waals surface area contributed by atoms with E-state index in [2.05, 4.69) is 4.98 Å². The van der Waals surface area contributed by atoms with Gasteiger partial charge in [0, 0.05) is 17.8 Å². The molecular weight excluding hydrogens is 287 g/mol. The molecule has 0 aliphatic rings. The van der Waals surface area contributed by atoms with Crippen molar-refractivity contribution >= 4 is 5.97 Å². The van der Waals surface area contributed by atoms with Gasteiger partial charge in [0.2, 0.25) is 0 Å². The standard InChI is InChI=1S/C14H10F3NO3/c1-21-12-6-11(13(19)20)18-7-9(12)8-4-2-3-5-10(8)14(15,16)17/h2-7H,1H3,(H,19,20). The molecule has 1 aromatic heterocycles. The number of ether oxygens (including phenoxy) is 1. The summed E-state index contributed by atoms with van der Waals surface area (Å²) in [6.45, 7) is 0. The topological polar surface area (TPSA) is 59.4 Å². The number of halogens is 3. The molecule has 0 spiro atoms. The summed E-state index contributed by atoms with van der Waals surface area (Å²) in [5.74, 6) is -1.27. The van der Waals surface area contributed by atoms with E-state index in [4.69, 9.17) is 9.84 Å². The van der Waals surface area contributed by atoms with Crippen LogP contribution < -0.4 is 4.74 Å². The van der Waals surface area contributed by atoms with E-state index in [1.165, 1.54) is 25.3 Å². The van der Waals surface area contributed by atoms with Crippen LogP contribution in [0.3, 0.4) is 0 Å². The monoisotopic (exact) mass is 297 g/mol. The molecule has 0 unspecified atom stereocenters. The lowest BCUT2D eigenvalue weighted by atomic mass is 9.99. The Morgan fingerprint density at radius 2 is 1.90 bits per heavy atom. The predicted molar refractivity (Wildman–Crippen MR) is 68.2 cm³/mol. The Morgan fingerprint density at radius 1 is 1.24 bits per heavy atom. The van der Waals surface area contributed by atoms with E-state index in [1.54, 1.807) is 0 Å². The highest BCUT2D eigenvalue weighted by Crippen LogP contribution is 2.39. The van der Waals surface area contributed by atoms with Crippen LogP contribution in [0.2, 0.25) is 0 Å². The maximum atomic E-state index is 13.0. The molecule has 1 heterocycles. The zero-order valence-electron chi connectivity index (χ0n) is 10.8. The van der Waals surface area contributed by atoms with Gasteiger partial charge in [-0.1, -0.05) is 18.2 Å². The van der Waals surface area contributed by atoms with Crippen LogP contribution in [0.25, 0.3) is 11.1 Å². The summed E-state index contributed by atoms with van der Waals surface area (Å²) in [5.41, 5.74) is -1.19. The number of pyridine rings is 1. The second-order valence-electron chi connectivity index (χ2n) is 4.12. The quantitative estimate of drug-likeness (QED) is 0.942. The van der Waals surface area contributed by atoms with Gasteiger partial charge in [-0.15, -0.1) is 0 Å². The molecule has 0 amide bonds. The van der Waals surface area contributed by atoms with Crippen molar-refractivity contribution in [3.05, 3.63) is 47.8 Å². The van der Waals surface area contributed by atoms with Gasteiger partial charge in [0.25, 0.3) is 0 Å². The SMILES string of the molecule is COc1cc(C(=O)O)ncc1-c1ccccc1C(F)(F)F. The first-order valence-electron chi connectivity index (χ1n) is 5.78. The van der Waals surface area contributed by atoms with Crippen LogP contribution in [-0.2, 0) is 6.18 Å². The van der Waals surface area contributed by atoms with E-state index >= 15 is 0 Å². The molecule has 0 aliphatic carbocycles. The number of benzene rings is 1. The smallest absolute Gasteiger partial charge is 0.417 e. The maximum Gasteiger partial charge on any atom is 0.417 e. The van der Waals surface area contributed by atoms with Crippen LogP contribution in [0.4, 0.5) is 13.2 Å². The highest BCUT2D eigenvalue weighted by molar-refractivity contribution is 5.87. The normalized spacial score (nSPS) is 11.2. The third-order valence-electron chi connectivity index (χ3n) is 2.83. The van der Waals surface area contributed by atoms with Crippen LogP contribution in [0.15, 0.2) is 36.5 Å². The summed E-state index contributed by atoms with van der Waals surface area (Å²) < 4.78 is 44.1. The number of carboxylic acids is 1. The second-order valence-corrected chi connectivity index (χ2v) is 4.12. The molecule has 2 rings (SSSR count). The van der Waals surface area contributed by atoms with Crippen molar-refractivity contribution in [1.82, 2.24) is 4.98 Å². The lowest BCUT2D eigenvalue weighted by Crippen LogP contribution is -2.08.